The maximum Gasteiger partial charge on any atom is 0.320 e. The Morgan fingerprint density at radius 3 is 2.58 bits per heavy atom. The molecule has 0 bridgehead atoms. The Morgan fingerprint density at radius 2 is 2.17 bits per heavy atom. The van der Waals surface area contributed by atoms with Gasteiger partial charge < -0.3 is 5.32 Å². The first kappa shape index (κ1) is 8.58. The van der Waals surface area contributed by atoms with E-state index in [9.17, 15) is 4.79 Å². The normalized spacial score (nSPS) is 9.58. The van der Waals surface area contributed by atoms with E-state index in [0.29, 0.717) is 5.82 Å². The Labute approximate surface area is 70.5 Å². The summed E-state index contributed by atoms with van der Waals surface area (Å²) in [6.45, 7) is 3.79. The number of nitrogens with one attached hydrogen (secondary N) is 3. The molecule has 0 fully saturated rings. The summed E-state index contributed by atoms with van der Waals surface area (Å²) in [5, 5.41) is 11.7. The summed E-state index contributed by atoms with van der Waals surface area (Å²) in [7, 11) is 1.56. The van der Waals surface area contributed by atoms with Crippen LogP contribution in [0.3, 0.4) is 0 Å². The zero-order valence-electron chi connectivity index (χ0n) is 7.36. The van der Waals surface area contributed by atoms with E-state index >= 15 is 0 Å². The molecular formula is C7H12N4O. The molecule has 3 N–H and O–H groups in total. The SMILES string of the molecule is CNC(=O)Nc1n[nH]c(C)c1C. The first-order valence-corrected chi connectivity index (χ1v) is 3.65. The summed E-state index contributed by atoms with van der Waals surface area (Å²) in [5.41, 5.74) is 1.92. The lowest BCUT2D eigenvalue weighted by Crippen LogP contribution is -2.24. The fourth-order valence-electron chi connectivity index (χ4n) is 0.777. The molecule has 0 aromatic carbocycles. The van der Waals surface area contributed by atoms with Gasteiger partial charge in [0, 0.05) is 18.3 Å². The highest BCUT2D eigenvalue weighted by Gasteiger charge is 2.06. The highest BCUT2D eigenvalue weighted by Crippen LogP contribution is 2.12. The van der Waals surface area contributed by atoms with Crippen molar-refractivity contribution in [3.05, 3.63) is 11.3 Å². The summed E-state index contributed by atoms with van der Waals surface area (Å²) in [4.78, 5) is 10.9. The van der Waals surface area contributed by atoms with Gasteiger partial charge in [0.25, 0.3) is 0 Å². The van der Waals surface area contributed by atoms with Crippen molar-refractivity contribution in [3.63, 3.8) is 0 Å². The van der Waals surface area contributed by atoms with Crippen LogP contribution in [0.4, 0.5) is 10.6 Å². The molecule has 0 atom stereocenters. The van der Waals surface area contributed by atoms with Crippen molar-refractivity contribution in [2.75, 3.05) is 12.4 Å². The van der Waals surface area contributed by atoms with Gasteiger partial charge in [-0.3, -0.25) is 10.4 Å². The number of anilines is 1. The maximum atomic E-state index is 10.9. The number of nitrogens with zero attached hydrogens (tertiary/aromatic N) is 1. The number of urea groups is 1. The predicted octanol–water partition coefficient (Wildman–Crippen LogP) is 0.778. The van der Waals surface area contributed by atoms with Crippen LogP contribution in [0.15, 0.2) is 0 Å². The molecule has 0 aliphatic carbocycles. The number of H-pyrrole nitrogens is 1. The molecule has 5 heteroatoms. The fraction of sp³-hybridized carbons (Fsp3) is 0.429. The minimum Gasteiger partial charge on any atom is -0.341 e. The number of rotatable bonds is 1. The molecule has 1 aromatic heterocycles. The predicted molar refractivity (Wildman–Crippen MR) is 46.1 cm³/mol. The van der Waals surface area contributed by atoms with Crippen LogP contribution < -0.4 is 10.6 Å². The Morgan fingerprint density at radius 1 is 1.50 bits per heavy atom. The molecule has 0 spiro atoms. The number of amides is 2. The third kappa shape index (κ3) is 1.55. The van der Waals surface area contributed by atoms with Crippen LogP contribution in [0.25, 0.3) is 0 Å². The maximum absolute atomic E-state index is 10.9. The molecule has 2 amide bonds. The van der Waals surface area contributed by atoms with Gasteiger partial charge in [-0.15, -0.1) is 0 Å². The third-order valence-electron chi connectivity index (χ3n) is 1.71. The van der Waals surface area contributed by atoms with Crippen molar-refractivity contribution in [1.82, 2.24) is 15.5 Å². The van der Waals surface area contributed by atoms with E-state index in [2.05, 4.69) is 20.8 Å². The van der Waals surface area contributed by atoms with Crippen molar-refractivity contribution in [2.24, 2.45) is 0 Å². The number of hydrogen-bond acceptors (Lipinski definition) is 2. The topological polar surface area (TPSA) is 69.8 Å². The van der Waals surface area contributed by atoms with Crippen molar-refractivity contribution in [3.8, 4) is 0 Å². The van der Waals surface area contributed by atoms with Gasteiger partial charge in [-0.2, -0.15) is 5.10 Å². The van der Waals surface area contributed by atoms with E-state index in [0.717, 1.165) is 11.3 Å². The molecule has 1 heterocycles. The molecule has 5 nitrogen and oxygen atoms in total. The van der Waals surface area contributed by atoms with E-state index in [1.807, 2.05) is 13.8 Å². The lowest BCUT2D eigenvalue weighted by molar-refractivity contribution is 0.254. The average molecular weight is 168 g/mol. The minimum atomic E-state index is -0.260. The average Bonchev–Trinajstić information content (AvgIpc) is 2.36. The smallest absolute Gasteiger partial charge is 0.320 e. The van der Waals surface area contributed by atoms with Crippen LogP contribution in [0.1, 0.15) is 11.3 Å². The van der Waals surface area contributed by atoms with E-state index in [4.69, 9.17) is 0 Å². The largest absolute Gasteiger partial charge is 0.341 e. The van der Waals surface area contributed by atoms with Crippen LogP contribution in [0, 0.1) is 13.8 Å². The number of aromatic nitrogens is 2. The molecule has 0 aliphatic heterocycles. The lowest BCUT2D eigenvalue weighted by atomic mass is 10.3. The molecule has 1 rings (SSSR count). The number of aryl methyl sites for hydroxylation is 1. The summed E-state index contributed by atoms with van der Waals surface area (Å²) < 4.78 is 0. The molecule has 0 aliphatic rings. The highest BCUT2D eigenvalue weighted by molar-refractivity contribution is 5.88. The van der Waals surface area contributed by atoms with Gasteiger partial charge in [-0.05, 0) is 13.8 Å². The number of aromatic amines is 1. The van der Waals surface area contributed by atoms with Gasteiger partial charge in [0.2, 0.25) is 0 Å². The van der Waals surface area contributed by atoms with Gasteiger partial charge in [0.15, 0.2) is 5.82 Å². The standard InChI is InChI=1S/C7H12N4O/c1-4-5(2)10-11-6(4)9-7(12)8-3/h1-3H3,(H3,8,9,10,11,12). The van der Waals surface area contributed by atoms with Gasteiger partial charge in [0.1, 0.15) is 0 Å². The van der Waals surface area contributed by atoms with E-state index in [-0.39, 0.29) is 6.03 Å². The number of carbonyl (C=O) groups excluding carboxylic acids is 1. The Kier molecular flexibility index (Phi) is 2.32. The van der Waals surface area contributed by atoms with Crippen LogP contribution in [-0.4, -0.2) is 23.3 Å². The Balaban J connectivity index is 2.76. The Bertz CT molecular complexity index is 292. The van der Waals surface area contributed by atoms with Crippen LogP contribution in [0.2, 0.25) is 0 Å². The Hall–Kier alpha value is -1.52. The van der Waals surface area contributed by atoms with Gasteiger partial charge in [-0.25, -0.2) is 4.79 Å². The van der Waals surface area contributed by atoms with E-state index in [1.165, 1.54) is 0 Å². The van der Waals surface area contributed by atoms with E-state index < -0.39 is 0 Å². The second kappa shape index (κ2) is 3.25. The van der Waals surface area contributed by atoms with Crippen molar-refractivity contribution < 1.29 is 4.79 Å². The molecule has 0 saturated carbocycles. The summed E-state index contributed by atoms with van der Waals surface area (Å²) in [6.07, 6.45) is 0. The summed E-state index contributed by atoms with van der Waals surface area (Å²) >= 11 is 0. The molecule has 12 heavy (non-hydrogen) atoms. The second-order valence-corrected chi connectivity index (χ2v) is 2.53. The monoisotopic (exact) mass is 168 g/mol. The fourth-order valence-corrected chi connectivity index (χ4v) is 0.777. The van der Waals surface area contributed by atoms with Crippen LogP contribution in [-0.2, 0) is 0 Å². The van der Waals surface area contributed by atoms with Crippen LogP contribution >= 0.6 is 0 Å². The summed E-state index contributed by atoms with van der Waals surface area (Å²) in [5.74, 6) is 0.576. The number of hydrogen-bond donors (Lipinski definition) is 3. The first-order chi connectivity index (χ1) is 5.65. The molecule has 1 aromatic rings. The molecule has 0 unspecified atom stereocenters. The van der Waals surface area contributed by atoms with Gasteiger partial charge >= 0.3 is 6.03 Å². The van der Waals surface area contributed by atoms with Crippen molar-refractivity contribution in [2.45, 2.75) is 13.8 Å². The molecule has 0 radical (unpaired) electrons. The van der Waals surface area contributed by atoms with Crippen molar-refractivity contribution >= 4 is 11.8 Å². The highest BCUT2D eigenvalue weighted by atomic mass is 16.2. The van der Waals surface area contributed by atoms with E-state index in [1.54, 1.807) is 7.05 Å². The van der Waals surface area contributed by atoms with Crippen LogP contribution in [0.5, 0.6) is 0 Å². The zero-order chi connectivity index (χ0) is 9.14. The lowest BCUT2D eigenvalue weighted by Gasteiger charge is -2.00. The third-order valence-corrected chi connectivity index (χ3v) is 1.71. The molecule has 66 valence electrons. The first-order valence-electron chi connectivity index (χ1n) is 3.65. The summed E-state index contributed by atoms with van der Waals surface area (Å²) in [6, 6.07) is -0.260. The van der Waals surface area contributed by atoms with Crippen molar-refractivity contribution in [1.29, 1.82) is 0 Å². The minimum absolute atomic E-state index is 0.260. The second-order valence-electron chi connectivity index (χ2n) is 2.53. The van der Waals surface area contributed by atoms with Gasteiger partial charge in [-0.1, -0.05) is 0 Å². The molecule has 0 saturated heterocycles. The quantitative estimate of drug-likeness (QED) is 0.580. The molecular weight excluding hydrogens is 156 g/mol. The number of carbonyl (C=O) groups is 1. The van der Waals surface area contributed by atoms with Gasteiger partial charge in [0.05, 0.1) is 0 Å². The zero-order valence-corrected chi connectivity index (χ0v) is 7.36.